The zero-order valence-corrected chi connectivity index (χ0v) is 4.10. The maximum atomic E-state index is 6.13. The second-order valence-corrected chi connectivity index (χ2v) is 0.739. The molecule has 0 aliphatic carbocycles. The van der Waals surface area contributed by atoms with Gasteiger partial charge >= 0.3 is 0 Å². The van der Waals surface area contributed by atoms with Crippen molar-refractivity contribution in [3.05, 3.63) is 35.3 Å². The molecule has 0 amide bonds. The summed E-state index contributed by atoms with van der Waals surface area (Å²) in [5.41, 5.74) is 6.90. The van der Waals surface area contributed by atoms with Crippen molar-refractivity contribution in [3.63, 3.8) is 0 Å². The van der Waals surface area contributed by atoms with Gasteiger partial charge in [-0.2, -0.15) is 6.57 Å². The Hall–Kier alpha value is -1.72. The monoisotopic (exact) mass is 102 g/mol. The molecule has 0 aliphatic heterocycles. The van der Waals surface area contributed by atoms with Crippen molar-refractivity contribution in [1.82, 2.24) is 0 Å². The average Bonchev–Trinajstić information content (AvgIpc) is 1.81. The number of hydrogen-bond donors (Lipinski definition) is 0. The van der Waals surface area contributed by atoms with Gasteiger partial charge in [-0.3, -0.25) is 0 Å². The van der Waals surface area contributed by atoms with Crippen molar-refractivity contribution >= 4 is 5.87 Å². The molecule has 36 valence electrons. The molecule has 0 aromatic heterocycles. The Kier molecular flexibility index (Phi) is 4.14. The summed E-state index contributed by atoms with van der Waals surface area (Å²) in [7, 11) is 0. The van der Waals surface area contributed by atoms with Crippen LogP contribution in [0.4, 0.5) is 0 Å². The number of rotatable bonds is 0. The highest BCUT2D eigenvalue weighted by Gasteiger charge is 1.47. The van der Waals surface area contributed by atoms with E-state index < -0.39 is 0 Å². The second kappa shape index (κ2) is 5.28. The summed E-state index contributed by atoms with van der Waals surface area (Å²) in [5.74, 6) is 2.14. The summed E-state index contributed by atoms with van der Waals surface area (Å²) < 4.78 is 0. The third kappa shape index (κ3) is 4.28. The molecule has 0 rings (SSSR count). The van der Waals surface area contributed by atoms with E-state index in [2.05, 4.69) is 39.7 Å². The lowest BCUT2D eigenvalue weighted by atomic mass is 10.8. The lowest BCUT2D eigenvalue weighted by molar-refractivity contribution is 1.62. The van der Waals surface area contributed by atoms with Crippen molar-refractivity contribution in [2.45, 2.75) is 0 Å². The van der Waals surface area contributed by atoms with Gasteiger partial charge in [-0.25, -0.2) is 0 Å². The molecular weight excluding hydrogens is 100 g/mol. The zero-order valence-electron chi connectivity index (χ0n) is 4.10. The van der Waals surface area contributed by atoms with Gasteiger partial charge in [-0.1, -0.05) is 5.73 Å². The van der Waals surface area contributed by atoms with E-state index in [4.69, 9.17) is 6.57 Å². The summed E-state index contributed by atoms with van der Waals surface area (Å²) in [6.45, 7) is 9.33. The molecule has 0 heterocycles. The molecule has 0 saturated carbocycles. The molecule has 0 fully saturated rings. The fourth-order valence-electron chi connectivity index (χ4n) is 0.122. The first kappa shape index (κ1) is 6.28. The van der Waals surface area contributed by atoms with Crippen molar-refractivity contribution < 1.29 is 0 Å². The van der Waals surface area contributed by atoms with Gasteiger partial charge in [-0.15, -0.1) is 4.95 Å². The van der Waals surface area contributed by atoms with E-state index in [9.17, 15) is 0 Å². The zero-order chi connectivity index (χ0) is 6.24. The first-order valence-corrected chi connectivity index (χ1v) is 1.75. The Morgan fingerprint density at radius 1 is 1.50 bits per heavy atom. The van der Waals surface area contributed by atoms with E-state index in [1.54, 1.807) is 0 Å². The van der Waals surface area contributed by atoms with Gasteiger partial charge in [-0.05, 0) is 12.3 Å². The average molecular weight is 102 g/mol. The second-order valence-electron chi connectivity index (χ2n) is 0.739. The van der Waals surface area contributed by atoms with Crippen LogP contribution in [-0.2, 0) is 0 Å². The molecule has 0 saturated heterocycles. The summed E-state index contributed by atoms with van der Waals surface area (Å²) in [4.78, 5) is 2.62. The van der Waals surface area contributed by atoms with Gasteiger partial charge in [0.05, 0.1) is 0 Å². The molecule has 0 spiro atoms. The minimum Gasteiger partial charge on any atom is -0.180 e. The van der Waals surface area contributed by atoms with Crippen LogP contribution in [0.5, 0.6) is 0 Å². The largest absolute Gasteiger partial charge is 0.180 e. The number of nitrogens with zero attached hydrogens (tertiary/aromatic N) is 2. The Balaban J connectivity index is 4.55. The number of hydrogen-bond acceptors (Lipinski definition) is 1. The fraction of sp³-hybridized carbons (Fsp3) is 0. The van der Waals surface area contributed by atoms with Crippen LogP contribution in [0, 0.1) is 6.57 Å². The third-order valence-corrected chi connectivity index (χ3v) is 0.307. The molecule has 0 aliphatic rings. The molecule has 2 heteroatoms. The molecule has 2 nitrogen and oxygen atoms in total. The molecule has 0 bridgehead atoms. The van der Waals surface area contributed by atoms with Crippen LogP contribution in [0.15, 0.2) is 28.9 Å². The third-order valence-electron chi connectivity index (χ3n) is 0.307. The highest BCUT2D eigenvalue weighted by molar-refractivity contribution is 5.50. The van der Waals surface area contributed by atoms with Crippen molar-refractivity contribution in [1.29, 1.82) is 0 Å². The first-order chi connectivity index (χ1) is 3.91. The highest BCUT2D eigenvalue weighted by atomic mass is 15.1. The van der Waals surface area contributed by atoms with Crippen LogP contribution in [-0.4, -0.2) is 5.87 Å². The van der Waals surface area contributed by atoms with Crippen molar-refractivity contribution in [2.24, 2.45) is 5.10 Å². The Bertz CT molecular complexity index is 245. The van der Waals surface area contributed by atoms with Crippen LogP contribution < -0.4 is 0 Å². The van der Waals surface area contributed by atoms with E-state index >= 15 is 0 Å². The molecule has 0 atom stereocenters. The first-order valence-electron chi connectivity index (χ1n) is 1.75. The predicted octanol–water partition coefficient (Wildman–Crippen LogP) is 1.14. The van der Waals surface area contributed by atoms with Gasteiger partial charge in [0.1, 0.15) is 11.0 Å². The minimum absolute atomic E-state index is 2.14. The van der Waals surface area contributed by atoms with E-state index in [1.165, 1.54) is 0 Å². The Morgan fingerprint density at radius 3 is 2.75 bits per heavy atom. The fourth-order valence-corrected chi connectivity index (χ4v) is 0.122. The van der Waals surface area contributed by atoms with Crippen LogP contribution in [0.2, 0.25) is 0 Å². The SMILES string of the molecule is [C-]#[N+]N=C=C=C=C=C. The van der Waals surface area contributed by atoms with E-state index in [0.29, 0.717) is 0 Å². The van der Waals surface area contributed by atoms with Gasteiger partial charge in [0.2, 0.25) is 0 Å². The van der Waals surface area contributed by atoms with Crippen LogP contribution in [0.3, 0.4) is 0 Å². The summed E-state index contributed by atoms with van der Waals surface area (Å²) in [6, 6.07) is 0. The van der Waals surface area contributed by atoms with Gasteiger partial charge < -0.3 is 0 Å². The standard InChI is InChI=1S/C6H2N2/c1-3-4-5-6-8-7-2/h1H2. The molecule has 8 heavy (non-hydrogen) atoms. The van der Waals surface area contributed by atoms with Crippen LogP contribution in [0.25, 0.3) is 4.95 Å². The normalized spacial score (nSPS) is 3.88. The van der Waals surface area contributed by atoms with Crippen molar-refractivity contribution in [3.8, 4) is 0 Å². The van der Waals surface area contributed by atoms with Gasteiger partial charge in [0.25, 0.3) is 0 Å². The van der Waals surface area contributed by atoms with Crippen LogP contribution in [0.1, 0.15) is 0 Å². The Morgan fingerprint density at radius 2 is 2.25 bits per heavy atom. The highest BCUT2D eigenvalue weighted by Crippen LogP contribution is 1.55. The summed E-state index contributed by atoms with van der Waals surface area (Å²) in [5, 5.41) is 3.01. The molecule has 0 radical (unpaired) electrons. The van der Waals surface area contributed by atoms with Crippen molar-refractivity contribution in [2.75, 3.05) is 0 Å². The summed E-state index contributed by atoms with van der Waals surface area (Å²) >= 11 is 0. The van der Waals surface area contributed by atoms with Gasteiger partial charge in [0.15, 0.2) is 0 Å². The van der Waals surface area contributed by atoms with E-state index in [1.807, 2.05) is 0 Å². The van der Waals surface area contributed by atoms with Crippen LogP contribution >= 0.6 is 0 Å². The maximum absolute atomic E-state index is 6.13. The maximum Gasteiger partial charge on any atom is 0.146 e. The molecule has 0 aromatic carbocycles. The topological polar surface area (TPSA) is 16.7 Å². The summed E-state index contributed by atoms with van der Waals surface area (Å²) in [6.07, 6.45) is 0. The molecular formula is C6H2N2. The van der Waals surface area contributed by atoms with Gasteiger partial charge in [0, 0.05) is 5.73 Å². The van der Waals surface area contributed by atoms with E-state index in [-0.39, 0.29) is 0 Å². The predicted molar refractivity (Wildman–Crippen MR) is 30.2 cm³/mol. The quantitative estimate of drug-likeness (QED) is 0.189. The van der Waals surface area contributed by atoms with E-state index in [0.717, 1.165) is 0 Å². The Labute approximate surface area is 47.3 Å². The smallest absolute Gasteiger partial charge is 0.146 e. The lowest BCUT2D eigenvalue weighted by Gasteiger charge is -1.39. The molecule has 0 unspecified atom stereocenters. The minimum atomic E-state index is 2.14. The molecule has 0 N–H and O–H groups in total. The lowest BCUT2D eigenvalue weighted by Crippen LogP contribution is -1.35. The molecule has 0 aromatic rings.